The second kappa shape index (κ2) is 9.23. The molecule has 0 saturated carbocycles. The van der Waals surface area contributed by atoms with Gasteiger partial charge in [-0.1, -0.05) is 32.5 Å². The first-order valence-electron chi connectivity index (χ1n) is 9.45. The standard InChI is InChI=1S/C22H20F4N2O3S/c1-21(2,3)13-30-18-9-4-14(12-17(18)23)28-11-10-27-19(20(28)29)32-16-7-5-15(6-8-16)31-22(24,25)26/h4-12H,13H2,1-3H3. The quantitative estimate of drug-likeness (QED) is 0.425. The SMILES string of the molecule is CC(C)(C)COc1ccc(-n2ccnc(Sc3ccc(OC(F)(F)F)cc3)c2=O)cc1F. The predicted molar refractivity (Wildman–Crippen MR) is 112 cm³/mol. The molecule has 0 spiro atoms. The molecular weight excluding hydrogens is 448 g/mol. The summed E-state index contributed by atoms with van der Waals surface area (Å²) in [7, 11) is 0. The van der Waals surface area contributed by atoms with Crippen molar-refractivity contribution >= 4 is 11.8 Å². The fraction of sp³-hybridized carbons (Fsp3) is 0.273. The van der Waals surface area contributed by atoms with Crippen LogP contribution < -0.4 is 15.0 Å². The molecule has 3 rings (SSSR count). The molecule has 1 heterocycles. The third-order valence-electron chi connectivity index (χ3n) is 3.94. The Kier molecular flexibility index (Phi) is 6.82. The highest BCUT2D eigenvalue weighted by Crippen LogP contribution is 2.29. The lowest BCUT2D eigenvalue weighted by molar-refractivity contribution is -0.274. The smallest absolute Gasteiger partial charge is 0.490 e. The molecule has 0 saturated heterocycles. The first-order valence-corrected chi connectivity index (χ1v) is 10.3. The van der Waals surface area contributed by atoms with Crippen LogP contribution in [-0.2, 0) is 0 Å². The Hall–Kier alpha value is -3.01. The van der Waals surface area contributed by atoms with Crippen molar-refractivity contribution in [2.75, 3.05) is 6.61 Å². The molecule has 0 radical (unpaired) electrons. The maximum Gasteiger partial charge on any atom is 0.573 e. The molecule has 32 heavy (non-hydrogen) atoms. The largest absolute Gasteiger partial charge is 0.573 e. The summed E-state index contributed by atoms with van der Waals surface area (Å²) in [6, 6.07) is 9.25. The molecule has 0 unspecified atom stereocenters. The van der Waals surface area contributed by atoms with E-state index in [1.807, 2.05) is 20.8 Å². The van der Waals surface area contributed by atoms with Crippen molar-refractivity contribution in [3.63, 3.8) is 0 Å². The molecular formula is C22H20F4N2O3S. The van der Waals surface area contributed by atoms with Crippen LogP contribution in [0.4, 0.5) is 17.6 Å². The van der Waals surface area contributed by atoms with E-state index in [0.29, 0.717) is 11.5 Å². The number of halogens is 4. The van der Waals surface area contributed by atoms with Gasteiger partial charge < -0.3 is 9.47 Å². The molecule has 0 atom stereocenters. The van der Waals surface area contributed by atoms with Crippen LogP contribution >= 0.6 is 11.8 Å². The fourth-order valence-electron chi connectivity index (χ4n) is 2.54. The molecule has 0 N–H and O–H groups in total. The normalized spacial score (nSPS) is 12.0. The van der Waals surface area contributed by atoms with Crippen molar-refractivity contribution in [2.24, 2.45) is 5.41 Å². The number of hydrogen-bond acceptors (Lipinski definition) is 5. The van der Waals surface area contributed by atoms with Crippen molar-refractivity contribution < 1.29 is 27.0 Å². The van der Waals surface area contributed by atoms with E-state index in [4.69, 9.17) is 4.74 Å². The average Bonchev–Trinajstić information content (AvgIpc) is 2.68. The van der Waals surface area contributed by atoms with E-state index in [2.05, 4.69) is 9.72 Å². The van der Waals surface area contributed by atoms with Crippen LogP contribution in [0.15, 0.2) is 69.6 Å². The number of aromatic nitrogens is 2. The highest BCUT2D eigenvalue weighted by molar-refractivity contribution is 7.99. The number of benzene rings is 2. The Bertz CT molecular complexity index is 1140. The molecule has 0 aliphatic rings. The van der Waals surface area contributed by atoms with Crippen LogP contribution in [0.25, 0.3) is 5.69 Å². The Balaban J connectivity index is 1.80. The third-order valence-corrected chi connectivity index (χ3v) is 4.92. The minimum absolute atomic E-state index is 0.0745. The van der Waals surface area contributed by atoms with Crippen molar-refractivity contribution in [2.45, 2.75) is 37.1 Å². The van der Waals surface area contributed by atoms with Gasteiger partial charge in [0.2, 0.25) is 0 Å². The van der Waals surface area contributed by atoms with Gasteiger partial charge in [-0.2, -0.15) is 0 Å². The number of alkyl halides is 3. The highest BCUT2D eigenvalue weighted by Gasteiger charge is 2.31. The zero-order valence-electron chi connectivity index (χ0n) is 17.4. The van der Waals surface area contributed by atoms with Gasteiger partial charge in [-0.15, -0.1) is 13.2 Å². The maximum atomic E-state index is 14.5. The molecule has 0 bridgehead atoms. The van der Waals surface area contributed by atoms with Crippen LogP contribution in [-0.4, -0.2) is 22.5 Å². The molecule has 2 aromatic carbocycles. The maximum absolute atomic E-state index is 14.5. The zero-order valence-corrected chi connectivity index (χ0v) is 18.3. The Morgan fingerprint density at radius 1 is 1.06 bits per heavy atom. The van der Waals surface area contributed by atoms with Gasteiger partial charge in [-0.25, -0.2) is 9.37 Å². The van der Waals surface area contributed by atoms with E-state index in [9.17, 15) is 22.4 Å². The number of hydrogen-bond donors (Lipinski definition) is 0. The monoisotopic (exact) mass is 468 g/mol. The van der Waals surface area contributed by atoms with Crippen molar-refractivity contribution in [3.05, 3.63) is 71.0 Å². The molecule has 0 fully saturated rings. The summed E-state index contributed by atoms with van der Waals surface area (Å²) in [5, 5.41) is 0.0745. The molecule has 170 valence electrons. The van der Waals surface area contributed by atoms with Crippen molar-refractivity contribution in [1.82, 2.24) is 9.55 Å². The van der Waals surface area contributed by atoms with E-state index in [-0.39, 0.29) is 27.6 Å². The Morgan fingerprint density at radius 2 is 1.75 bits per heavy atom. The van der Waals surface area contributed by atoms with Crippen molar-refractivity contribution in [1.29, 1.82) is 0 Å². The summed E-state index contributed by atoms with van der Waals surface area (Å²) in [5.74, 6) is -0.893. The molecule has 0 amide bonds. The van der Waals surface area contributed by atoms with E-state index in [1.165, 1.54) is 41.2 Å². The second-order valence-electron chi connectivity index (χ2n) is 7.99. The Morgan fingerprint density at radius 3 is 2.34 bits per heavy atom. The topological polar surface area (TPSA) is 53.4 Å². The van der Waals surface area contributed by atoms with Gasteiger partial charge >= 0.3 is 6.36 Å². The van der Waals surface area contributed by atoms with Gasteiger partial charge in [0.25, 0.3) is 5.56 Å². The van der Waals surface area contributed by atoms with Crippen LogP contribution in [0.2, 0.25) is 0 Å². The molecule has 3 aromatic rings. The van der Waals surface area contributed by atoms with Gasteiger partial charge in [0, 0.05) is 23.4 Å². The first-order chi connectivity index (χ1) is 14.9. The molecule has 0 aliphatic heterocycles. The molecule has 1 aromatic heterocycles. The van der Waals surface area contributed by atoms with Gasteiger partial charge in [0.15, 0.2) is 16.6 Å². The highest BCUT2D eigenvalue weighted by atomic mass is 32.2. The first kappa shape index (κ1) is 23.6. The lowest BCUT2D eigenvalue weighted by Gasteiger charge is -2.19. The van der Waals surface area contributed by atoms with E-state index in [1.54, 1.807) is 6.07 Å². The van der Waals surface area contributed by atoms with E-state index < -0.39 is 17.7 Å². The van der Waals surface area contributed by atoms with E-state index in [0.717, 1.165) is 23.9 Å². The third kappa shape index (κ3) is 6.49. The zero-order chi connectivity index (χ0) is 23.5. The summed E-state index contributed by atoms with van der Waals surface area (Å²) in [4.78, 5) is 17.4. The van der Waals surface area contributed by atoms with Crippen LogP contribution in [0.3, 0.4) is 0 Å². The second-order valence-corrected chi connectivity index (χ2v) is 9.06. The van der Waals surface area contributed by atoms with Crippen LogP contribution in [0.5, 0.6) is 11.5 Å². The number of ether oxygens (including phenoxy) is 2. The van der Waals surface area contributed by atoms with E-state index >= 15 is 0 Å². The number of rotatable bonds is 6. The van der Waals surface area contributed by atoms with Crippen LogP contribution in [0, 0.1) is 11.2 Å². The minimum Gasteiger partial charge on any atom is -0.490 e. The lowest BCUT2D eigenvalue weighted by atomic mass is 9.99. The summed E-state index contributed by atoms with van der Waals surface area (Å²) in [6.45, 7) is 6.22. The van der Waals surface area contributed by atoms with Gasteiger partial charge in [-0.05, 0) is 41.8 Å². The predicted octanol–water partition coefficient (Wildman–Crippen LogP) is 5.85. The van der Waals surface area contributed by atoms with Gasteiger partial charge in [0.05, 0.1) is 12.3 Å². The Labute approximate surface area is 186 Å². The molecule has 10 heteroatoms. The van der Waals surface area contributed by atoms with Crippen molar-refractivity contribution in [3.8, 4) is 17.2 Å². The molecule has 0 aliphatic carbocycles. The minimum atomic E-state index is -4.79. The fourth-order valence-corrected chi connectivity index (χ4v) is 3.33. The lowest BCUT2D eigenvalue weighted by Crippen LogP contribution is -2.21. The summed E-state index contributed by atoms with van der Waals surface area (Å²) in [6.07, 6.45) is -2.00. The summed E-state index contributed by atoms with van der Waals surface area (Å²) in [5.41, 5.74) is -0.360. The summed E-state index contributed by atoms with van der Waals surface area (Å²) >= 11 is 0.968. The number of nitrogens with zero attached hydrogens (tertiary/aromatic N) is 2. The average molecular weight is 468 g/mol. The van der Waals surface area contributed by atoms with Gasteiger partial charge in [0.1, 0.15) is 5.75 Å². The summed E-state index contributed by atoms with van der Waals surface area (Å²) < 4.78 is 61.9. The van der Waals surface area contributed by atoms with Crippen LogP contribution in [0.1, 0.15) is 20.8 Å². The molecule has 5 nitrogen and oxygen atoms in total. The van der Waals surface area contributed by atoms with Gasteiger partial charge in [-0.3, -0.25) is 9.36 Å².